The van der Waals surface area contributed by atoms with Crippen LogP contribution < -0.4 is 15.9 Å². The van der Waals surface area contributed by atoms with Crippen LogP contribution in [0.15, 0.2) is 114 Å². The average molecular weight is 515 g/mol. The van der Waals surface area contributed by atoms with Gasteiger partial charge in [-0.2, -0.15) is 0 Å². The van der Waals surface area contributed by atoms with Gasteiger partial charge in [-0.1, -0.05) is 0 Å². The first-order chi connectivity index (χ1) is 17.1. The zero-order valence-corrected chi connectivity index (χ0v) is 23.4. The Balaban J connectivity index is 1.85. The summed E-state index contributed by atoms with van der Waals surface area (Å²) in [6.07, 6.45) is 4.06. The van der Waals surface area contributed by atoms with Gasteiger partial charge in [0, 0.05) is 0 Å². The second kappa shape index (κ2) is 10.4. The summed E-state index contributed by atoms with van der Waals surface area (Å²) in [4.78, 5) is 0. The van der Waals surface area contributed by atoms with Crippen LogP contribution in [0.2, 0.25) is 0 Å². The van der Waals surface area contributed by atoms with Gasteiger partial charge in [0.1, 0.15) is 0 Å². The Morgan fingerprint density at radius 2 is 1.36 bits per heavy atom. The van der Waals surface area contributed by atoms with Crippen molar-refractivity contribution in [2.24, 2.45) is 5.41 Å². The van der Waals surface area contributed by atoms with Crippen molar-refractivity contribution in [3.05, 3.63) is 114 Å². The molecule has 3 aromatic carbocycles. The summed E-state index contributed by atoms with van der Waals surface area (Å²) in [5, 5.41) is 13.7. The van der Waals surface area contributed by atoms with Gasteiger partial charge < -0.3 is 0 Å². The second-order valence-corrected chi connectivity index (χ2v) is 17.1. The predicted octanol–water partition coefficient (Wildman–Crippen LogP) is 7.12. The van der Waals surface area contributed by atoms with Crippen LogP contribution in [-0.4, -0.2) is 17.4 Å². The molecule has 0 heterocycles. The first-order valence-corrected chi connectivity index (χ1v) is 15.9. The molecule has 1 atom stereocenters. The fourth-order valence-electron chi connectivity index (χ4n) is 5.57. The molecule has 3 heteroatoms. The van der Waals surface area contributed by atoms with Crippen LogP contribution in [0.25, 0.3) is 0 Å². The number of aliphatic hydroxyl groups excluding tert-OH is 1. The molecule has 0 aromatic heterocycles. The monoisotopic (exact) mass is 514 g/mol. The molecule has 1 aliphatic rings. The Bertz CT molecular complexity index is 1230. The Labute approximate surface area is 221 Å². The third-order valence-electron chi connectivity index (χ3n) is 7.40. The molecule has 0 aliphatic heterocycles. The molecule has 0 radical (unpaired) electrons. The molecular formula is C33H36ClOP. The molecule has 0 saturated heterocycles. The first-order valence-electron chi connectivity index (χ1n) is 12.6. The molecule has 0 saturated carbocycles. The Kier molecular flexibility index (Phi) is 7.64. The van der Waals surface area contributed by atoms with Gasteiger partial charge in [-0.3, -0.25) is 0 Å². The third-order valence-corrected chi connectivity index (χ3v) is 14.6. The standard InChI is InChI=1S/C33H36ClOP/c1-26(20-21-32-27(2)24-28(35)25-33(32,3)4)22-23-36(34,29-14-8-5-9-15-29,30-16-10-6-11-17-30)31-18-12-7-13-19-31/h5-19,22,28,35H,23-25H2,1-4H3/b26-22+. The number of aliphatic hydroxyl groups is 1. The van der Waals surface area contributed by atoms with Gasteiger partial charge in [0.15, 0.2) is 0 Å². The molecule has 1 aliphatic carbocycles. The second-order valence-electron chi connectivity index (χ2n) is 10.6. The first kappa shape index (κ1) is 26.4. The van der Waals surface area contributed by atoms with Crippen LogP contribution in [-0.2, 0) is 0 Å². The van der Waals surface area contributed by atoms with Gasteiger partial charge in [-0.25, -0.2) is 0 Å². The van der Waals surface area contributed by atoms with Crippen molar-refractivity contribution in [1.82, 2.24) is 0 Å². The Morgan fingerprint density at radius 3 is 1.78 bits per heavy atom. The van der Waals surface area contributed by atoms with Crippen LogP contribution in [0.3, 0.4) is 0 Å². The van der Waals surface area contributed by atoms with Gasteiger partial charge in [-0.15, -0.1) is 0 Å². The molecule has 4 rings (SSSR count). The topological polar surface area (TPSA) is 20.2 Å². The van der Waals surface area contributed by atoms with Crippen molar-refractivity contribution in [2.75, 3.05) is 6.16 Å². The maximum atomic E-state index is 10.2. The van der Waals surface area contributed by atoms with Crippen LogP contribution in [0, 0.1) is 17.3 Å². The van der Waals surface area contributed by atoms with E-state index in [0.717, 1.165) is 33.5 Å². The quantitative estimate of drug-likeness (QED) is 0.284. The molecule has 3 aromatic rings. The zero-order chi connectivity index (χ0) is 25.8. The molecule has 1 nitrogen and oxygen atoms in total. The van der Waals surface area contributed by atoms with E-state index in [-0.39, 0.29) is 11.5 Å². The third kappa shape index (κ3) is 4.96. The molecule has 0 bridgehead atoms. The number of benzene rings is 3. The summed E-state index contributed by atoms with van der Waals surface area (Å²) < 4.78 is 0. The summed E-state index contributed by atoms with van der Waals surface area (Å²) in [6.45, 7) is 8.52. The average Bonchev–Trinajstić information content (AvgIpc) is 2.88. The molecular weight excluding hydrogens is 479 g/mol. The van der Waals surface area contributed by atoms with Crippen molar-refractivity contribution >= 4 is 33.1 Å². The zero-order valence-electron chi connectivity index (χ0n) is 21.7. The molecule has 36 heavy (non-hydrogen) atoms. The van der Waals surface area contributed by atoms with Gasteiger partial charge in [0.25, 0.3) is 0 Å². The molecule has 1 N–H and O–H groups in total. The van der Waals surface area contributed by atoms with Gasteiger partial charge >= 0.3 is 222 Å². The minimum atomic E-state index is -3.34. The fourth-order valence-corrected chi connectivity index (χ4v) is 11.3. The van der Waals surface area contributed by atoms with Crippen molar-refractivity contribution in [3.63, 3.8) is 0 Å². The number of hydrogen-bond donors (Lipinski definition) is 1. The summed E-state index contributed by atoms with van der Waals surface area (Å²) in [7, 11) is 0. The van der Waals surface area contributed by atoms with Crippen molar-refractivity contribution in [2.45, 2.75) is 46.6 Å². The Morgan fingerprint density at radius 1 is 0.917 bits per heavy atom. The molecule has 0 spiro atoms. The van der Waals surface area contributed by atoms with Crippen LogP contribution in [0.4, 0.5) is 0 Å². The van der Waals surface area contributed by atoms with E-state index in [1.165, 1.54) is 5.57 Å². The van der Waals surface area contributed by atoms with E-state index >= 15 is 0 Å². The van der Waals surface area contributed by atoms with E-state index in [1.807, 2.05) is 18.2 Å². The van der Waals surface area contributed by atoms with Crippen molar-refractivity contribution < 1.29 is 5.11 Å². The number of allylic oxidation sites excluding steroid dienone is 3. The number of halogens is 1. The van der Waals surface area contributed by atoms with Crippen LogP contribution >= 0.6 is 17.2 Å². The van der Waals surface area contributed by atoms with E-state index in [4.69, 9.17) is 11.2 Å². The van der Waals surface area contributed by atoms with Crippen molar-refractivity contribution in [1.29, 1.82) is 0 Å². The molecule has 0 amide bonds. The SMILES string of the molecule is CC1=C(C#C/C(C)=C/CP(Cl)(c2ccccc2)(c2ccccc2)c2ccccc2)C(C)(C)CC(O)C1. The molecule has 186 valence electrons. The van der Waals surface area contributed by atoms with E-state index in [9.17, 15) is 5.11 Å². The maximum absolute atomic E-state index is 10.2. The van der Waals surface area contributed by atoms with Gasteiger partial charge in [0.2, 0.25) is 0 Å². The predicted molar refractivity (Wildman–Crippen MR) is 159 cm³/mol. The van der Waals surface area contributed by atoms with E-state index in [2.05, 4.69) is 118 Å². The number of rotatable bonds is 5. The van der Waals surface area contributed by atoms with Crippen molar-refractivity contribution in [3.8, 4) is 11.8 Å². The molecule has 0 fully saturated rings. The van der Waals surface area contributed by atoms with E-state index in [0.29, 0.717) is 12.6 Å². The van der Waals surface area contributed by atoms with E-state index in [1.54, 1.807) is 0 Å². The van der Waals surface area contributed by atoms with Crippen LogP contribution in [0.1, 0.15) is 40.5 Å². The minimum absolute atomic E-state index is 0.126. The Hall–Kier alpha value is -2.62. The summed E-state index contributed by atoms with van der Waals surface area (Å²) in [5.74, 6) is 3.56. The van der Waals surface area contributed by atoms with E-state index < -0.39 is 5.96 Å². The van der Waals surface area contributed by atoms with Gasteiger partial charge in [-0.05, 0) is 0 Å². The summed E-state index contributed by atoms with van der Waals surface area (Å²) in [6, 6.07) is 31.6. The summed E-state index contributed by atoms with van der Waals surface area (Å²) in [5.41, 5.74) is 3.22. The van der Waals surface area contributed by atoms with Crippen LogP contribution in [0.5, 0.6) is 0 Å². The molecule has 1 unspecified atom stereocenters. The van der Waals surface area contributed by atoms with Gasteiger partial charge in [0.05, 0.1) is 0 Å². The normalized spacial score (nSPS) is 19.1. The fraction of sp³-hybridized carbons (Fsp3) is 0.273. The number of hydrogen-bond acceptors (Lipinski definition) is 1. The summed E-state index contributed by atoms with van der Waals surface area (Å²) >= 11 is 8.15.